The smallest absolute Gasteiger partial charge is 0.268 e. The van der Waals surface area contributed by atoms with Crippen LogP contribution in [0.2, 0.25) is 0 Å². The van der Waals surface area contributed by atoms with Crippen LogP contribution in [0.4, 0.5) is 5.13 Å². The van der Waals surface area contributed by atoms with Gasteiger partial charge in [-0.05, 0) is 67.8 Å². The summed E-state index contributed by atoms with van der Waals surface area (Å²) in [5.74, 6) is 0.898. The number of amides is 1. The molecule has 158 valence electrons. The number of rotatable bonds is 8. The predicted octanol–water partition coefficient (Wildman–Crippen LogP) is 4.47. The van der Waals surface area contributed by atoms with Gasteiger partial charge in [0, 0.05) is 0 Å². The van der Waals surface area contributed by atoms with Crippen LogP contribution in [-0.4, -0.2) is 29.3 Å². The highest BCUT2D eigenvalue weighted by Gasteiger charge is 2.12. The van der Waals surface area contributed by atoms with Crippen LogP contribution in [0.15, 0.2) is 48.0 Å². The first kappa shape index (κ1) is 22.0. The average Bonchev–Trinajstić information content (AvgIpc) is 3.13. The largest absolute Gasteiger partial charge is 0.490 e. The summed E-state index contributed by atoms with van der Waals surface area (Å²) >= 11 is 1.24. The van der Waals surface area contributed by atoms with Crippen molar-refractivity contribution in [3.05, 3.63) is 69.7 Å². The zero-order valence-corrected chi connectivity index (χ0v) is 18.3. The number of anilines is 1. The first-order chi connectivity index (χ1) is 14.9. The monoisotopic (exact) mass is 434 g/mol. The molecule has 0 saturated carbocycles. The molecule has 3 rings (SSSR count). The minimum absolute atomic E-state index is 0.0387. The van der Waals surface area contributed by atoms with Crippen molar-refractivity contribution >= 4 is 28.5 Å². The SMILES string of the molecule is Cc1cc(C)cc(OCCOc2cccc(/C=C(/C#N)C(=O)Nc3nnc(C)s3)c2)c1. The summed E-state index contributed by atoms with van der Waals surface area (Å²) in [5, 5.41) is 20.7. The van der Waals surface area contributed by atoms with E-state index in [9.17, 15) is 10.1 Å². The molecule has 0 aliphatic heterocycles. The lowest BCUT2D eigenvalue weighted by Crippen LogP contribution is -2.13. The molecule has 0 bridgehead atoms. The van der Waals surface area contributed by atoms with E-state index in [0.717, 1.165) is 21.9 Å². The standard InChI is InChI=1S/C23H22N4O3S/c1-15-9-16(2)11-21(10-15)30-8-7-29-20-6-4-5-18(13-20)12-19(14-24)22(28)25-23-27-26-17(3)31-23/h4-6,9-13H,7-8H2,1-3H3,(H,25,27,28)/b19-12-. The van der Waals surface area contributed by atoms with E-state index in [-0.39, 0.29) is 5.57 Å². The molecule has 31 heavy (non-hydrogen) atoms. The van der Waals surface area contributed by atoms with Gasteiger partial charge in [0.2, 0.25) is 5.13 Å². The fourth-order valence-electron chi connectivity index (χ4n) is 2.86. The lowest BCUT2D eigenvalue weighted by molar-refractivity contribution is -0.112. The quantitative estimate of drug-likeness (QED) is 0.319. The van der Waals surface area contributed by atoms with Gasteiger partial charge in [-0.2, -0.15) is 5.26 Å². The van der Waals surface area contributed by atoms with Crippen molar-refractivity contribution in [1.82, 2.24) is 10.2 Å². The molecule has 0 fully saturated rings. The van der Waals surface area contributed by atoms with Crippen molar-refractivity contribution in [1.29, 1.82) is 5.26 Å². The van der Waals surface area contributed by atoms with Crippen LogP contribution < -0.4 is 14.8 Å². The summed E-state index contributed by atoms with van der Waals surface area (Å²) in [6.45, 7) is 6.60. The summed E-state index contributed by atoms with van der Waals surface area (Å²) in [7, 11) is 0. The maximum Gasteiger partial charge on any atom is 0.268 e. The number of nitrogens with zero attached hydrogens (tertiary/aromatic N) is 3. The summed E-state index contributed by atoms with van der Waals surface area (Å²) < 4.78 is 11.5. The molecule has 1 N–H and O–H groups in total. The van der Waals surface area contributed by atoms with Gasteiger partial charge in [0.05, 0.1) is 0 Å². The van der Waals surface area contributed by atoms with Crippen LogP contribution in [0.25, 0.3) is 6.08 Å². The van der Waals surface area contributed by atoms with Gasteiger partial charge in [-0.15, -0.1) is 10.2 Å². The zero-order chi connectivity index (χ0) is 22.2. The van der Waals surface area contributed by atoms with E-state index in [1.165, 1.54) is 17.4 Å². The molecule has 0 spiro atoms. The van der Waals surface area contributed by atoms with Crippen LogP contribution >= 0.6 is 11.3 Å². The molecule has 0 atom stereocenters. The van der Waals surface area contributed by atoms with Crippen molar-refractivity contribution in [2.75, 3.05) is 18.5 Å². The Morgan fingerprint density at radius 1 is 1.06 bits per heavy atom. The molecule has 0 aliphatic carbocycles. The summed E-state index contributed by atoms with van der Waals surface area (Å²) in [6, 6.07) is 15.1. The number of aryl methyl sites for hydroxylation is 3. The van der Waals surface area contributed by atoms with Crippen molar-refractivity contribution in [3.8, 4) is 17.6 Å². The zero-order valence-electron chi connectivity index (χ0n) is 17.5. The Morgan fingerprint density at radius 2 is 1.77 bits per heavy atom. The molecular formula is C23H22N4O3S. The van der Waals surface area contributed by atoms with Gasteiger partial charge >= 0.3 is 0 Å². The Morgan fingerprint density at radius 3 is 2.42 bits per heavy atom. The lowest BCUT2D eigenvalue weighted by atomic mass is 10.1. The van der Waals surface area contributed by atoms with Crippen LogP contribution in [-0.2, 0) is 4.79 Å². The Labute approximate surface area is 185 Å². The van der Waals surface area contributed by atoms with E-state index in [1.807, 2.05) is 38.1 Å². The molecule has 7 nitrogen and oxygen atoms in total. The van der Waals surface area contributed by atoms with Gasteiger partial charge in [-0.1, -0.05) is 29.5 Å². The fraction of sp³-hybridized carbons (Fsp3) is 0.217. The number of carbonyl (C=O) groups excluding carboxylic acids is 1. The van der Waals surface area contributed by atoms with E-state index < -0.39 is 5.91 Å². The molecule has 1 amide bonds. The second kappa shape index (κ2) is 10.4. The molecule has 0 unspecified atom stereocenters. The lowest BCUT2D eigenvalue weighted by Gasteiger charge is -2.10. The topological polar surface area (TPSA) is 97.1 Å². The van der Waals surface area contributed by atoms with Crippen LogP contribution in [0.1, 0.15) is 21.7 Å². The normalized spacial score (nSPS) is 11.0. The minimum atomic E-state index is -0.535. The number of benzene rings is 2. The Balaban J connectivity index is 1.58. The molecule has 0 aliphatic rings. The third kappa shape index (κ3) is 6.66. The van der Waals surface area contributed by atoms with Gasteiger partial charge in [0.15, 0.2) is 0 Å². The average molecular weight is 435 g/mol. The molecule has 2 aromatic carbocycles. The number of ether oxygens (including phenoxy) is 2. The highest BCUT2D eigenvalue weighted by molar-refractivity contribution is 7.15. The number of carbonyl (C=O) groups is 1. The van der Waals surface area contributed by atoms with Gasteiger partial charge < -0.3 is 9.47 Å². The highest BCUT2D eigenvalue weighted by Crippen LogP contribution is 2.19. The van der Waals surface area contributed by atoms with Gasteiger partial charge in [-0.3, -0.25) is 10.1 Å². The number of nitrogens with one attached hydrogen (secondary N) is 1. The van der Waals surface area contributed by atoms with Crippen LogP contribution in [0, 0.1) is 32.1 Å². The molecule has 1 aromatic heterocycles. The molecule has 0 saturated heterocycles. The van der Waals surface area contributed by atoms with Crippen LogP contribution in [0.5, 0.6) is 11.5 Å². The first-order valence-electron chi connectivity index (χ1n) is 9.60. The number of nitriles is 1. The third-order valence-electron chi connectivity index (χ3n) is 4.10. The van der Waals surface area contributed by atoms with E-state index in [1.54, 1.807) is 25.1 Å². The Kier molecular flexibility index (Phi) is 7.35. The Bertz CT molecular complexity index is 1130. The van der Waals surface area contributed by atoms with Gasteiger partial charge in [0.1, 0.15) is 41.4 Å². The van der Waals surface area contributed by atoms with E-state index in [2.05, 4.69) is 21.6 Å². The van der Waals surface area contributed by atoms with E-state index in [4.69, 9.17) is 9.47 Å². The second-order valence-corrected chi connectivity index (χ2v) is 8.02. The van der Waals surface area contributed by atoms with Crippen molar-refractivity contribution in [3.63, 3.8) is 0 Å². The minimum Gasteiger partial charge on any atom is -0.490 e. The predicted molar refractivity (Wildman–Crippen MR) is 120 cm³/mol. The van der Waals surface area contributed by atoms with Crippen molar-refractivity contribution in [2.24, 2.45) is 0 Å². The maximum absolute atomic E-state index is 12.3. The first-order valence-corrected chi connectivity index (χ1v) is 10.4. The second-order valence-electron chi connectivity index (χ2n) is 6.84. The third-order valence-corrected chi connectivity index (χ3v) is 4.85. The number of aromatic nitrogens is 2. The summed E-state index contributed by atoms with van der Waals surface area (Å²) in [4.78, 5) is 12.3. The molecule has 3 aromatic rings. The number of hydrogen-bond acceptors (Lipinski definition) is 7. The van der Waals surface area contributed by atoms with E-state index in [0.29, 0.717) is 29.7 Å². The molecule has 1 heterocycles. The Hall–Kier alpha value is -3.70. The van der Waals surface area contributed by atoms with Crippen molar-refractivity contribution in [2.45, 2.75) is 20.8 Å². The van der Waals surface area contributed by atoms with Gasteiger partial charge in [-0.25, -0.2) is 0 Å². The van der Waals surface area contributed by atoms with Crippen molar-refractivity contribution < 1.29 is 14.3 Å². The fourth-order valence-corrected chi connectivity index (χ4v) is 3.44. The van der Waals surface area contributed by atoms with E-state index >= 15 is 0 Å². The highest BCUT2D eigenvalue weighted by atomic mass is 32.1. The van der Waals surface area contributed by atoms with Crippen LogP contribution in [0.3, 0.4) is 0 Å². The maximum atomic E-state index is 12.3. The molecule has 8 heteroatoms. The summed E-state index contributed by atoms with van der Waals surface area (Å²) in [6.07, 6.45) is 1.50. The molecular weight excluding hydrogens is 412 g/mol. The molecule has 0 radical (unpaired) electrons. The summed E-state index contributed by atoms with van der Waals surface area (Å²) in [5.41, 5.74) is 2.93. The number of hydrogen-bond donors (Lipinski definition) is 1. The van der Waals surface area contributed by atoms with Gasteiger partial charge in [0.25, 0.3) is 5.91 Å².